The summed E-state index contributed by atoms with van der Waals surface area (Å²) in [5, 5.41) is 6.71. The van der Waals surface area contributed by atoms with E-state index in [9.17, 15) is 4.79 Å². The number of pyridine rings is 1. The second-order valence-electron chi connectivity index (χ2n) is 6.05. The normalized spacial score (nSPS) is 13.6. The predicted octanol–water partition coefficient (Wildman–Crippen LogP) is 2.70. The Bertz CT molecular complexity index is 797. The van der Waals surface area contributed by atoms with Gasteiger partial charge in [-0.2, -0.15) is 0 Å². The van der Waals surface area contributed by atoms with Crippen molar-refractivity contribution in [3.8, 4) is 5.75 Å². The molecule has 0 saturated carbocycles. The van der Waals surface area contributed by atoms with Gasteiger partial charge in [-0.15, -0.1) is 0 Å². The number of anilines is 1. The van der Waals surface area contributed by atoms with E-state index in [2.05, 4.69) is 21.7 Å². The second kappa shape index (κ2) is 8.62. The molecule has 0 bridgehead atoms. The Balaban J connectivity index is 1.60. The maximum atomic E-state index is 11.9. The molecule has 1 aromatic heterocycles. The van der Waals surface area contributed by atoms with E-state index in [0.717, 1.165) is 24.1 Å². The van der Waals surface area contributed by atoms with Gasteiger partial charge in [0.15, 0.2) is 16.7 Å². The van der Waals surface area contributed by atoms with Crippen LogP contribution in [0.5, 0.6) is 5.75 Å². The zero-order valence-corrected chi connectivity index (χ0v) is 15.5. The number of hydrogen-bond acceptors (Lipinski definition) is 4. The largest absolute Gasteiger partial charge is 0.493 e. The Kier molecular flexibility index (Phi) is 6.01. The maximum absolute atomic E-state index is 11.9. The van der Waals surface area contributed by atoms with Crippen LogP contribution in [0.1, 0.15) is 24.0 Å². The van der Waals surface area contributed by atoms with Gasteiger partial charge in [0.1, 0.15) is 0 Å². The molecule has 2 aromatic rings. The first kappa shape index (κ1) is 18.1. The standard InChI is InChI=1S/C19H22N4O2S/c1-25-16-8-4-10-20-18(16)22-19(26)21-12-14-6-2-3-7-15(14)13-23-11-5-9-17(23)24/h2-4,6-8,10H,5,9,11-13H2,1H3,(H2,20,21,22,26). The van der Waals surface area contributed by atoms with E-state index in [1.54, 1.807) is 19.4 Å². The van der Waals surface area contributed by atoms with Crippen LogP contribution >= 0.6 is 12.2 Å². The molecule has 1 saturated heterocycles. The lowest BCUT2D eigenvalue weighted by molar-refractivity contribution is -0.128. The third-order valence-electron chi connectivity index (χ3n) is 4.31. The molecule has 2 N–H and O–H groups in total. The molecule has 26 heavy (non-hydrogen) atoms. The number of thiocarbonyl (C=S) groups is 1. The highest BCUT2D eigenvalue weighted by Crippen LogP contribution is 2.20. The molecule has 0 atom stereocenters. The Hall–Kier alpha value is -2.67. The highest BCUT2D eigenvalue weighted by Gasteiger charge is 2.20. The molecule has 1 aliphatic rings. The average Bonchev–Trinajstić information content (AvgIpc) is 3.06. The van der Waals surface area contributed by atoms with Crippen molar-refractivity contribution < 1.29 is 9.53 Å². The minimum absolute atomic E-state index is 0.229. The lowest BCUT2D eigenvalue weighted by atomic mass is 10.1. The Morgan fingerprint density at radius 1 is 1.27 bits per heavy atom. The van der Waals surface area contributed by atoms with Gasteiger partial charge >= 0.3 is 0 Å². The predicted molar refractivity (Wildman–Crippen MR) is 105 cm³/mol. The molecule has 3 rings (SSSR count). The molecule has 2 heterocycles. The van der Waals surface area contributed by atoms with E-state index < -0.39 is 0 Å². The third kappa shape index (κ3) is 4.49. The fraction of sp³-hybridized carbons (Fsp3) is 0.316. The molecular weight excluding hydrogens is 348 g/mol. The first-order chi connectivity index (χ1) is 12.7. The number of benzene rings is 1. The van der Waals surface area contributed by atoms with Crippen LogP contribution in [-0.4, -0.2) is 34.6 Å². The Morgan fingerprint density at radius 2 is 2.08 bits per heavy atom. The number of aromatic nitrogens is 1. The summed E-state index contributed by atoms with van der Waals surface area (Å²) in [6, 6.07) is 11.7. The molecule has 0 unspecified atom stereocenters. The van der Waals surface area contributed by atoms with Crippen LogP contribution in [0.15, 0.2) is 42.6 Å². The number of hydrogen-bond donors (Lipinski definition) is 2. The Morgan fingerprint density at radius 3 is 2.81 bits per heavy atom. The number of likely N-dealkylation sites (tertiary alicyclic amines) is 1. The van der Waals surface area contributed by atoms with Crippen LogP contribution in [0.4, 0.5) is 5.82 Å². The number of nitrogens with one attached hydrogen (secondary N) is 2. The van der Waals surface area contributed by atoms with Crippen molar-refractivity contribution in [1.82, 2.24) is 15.2 Å². The summed E-state index contributed by atoms with van der Waals surface area (Å²) in [7, 11) is 1.59. The quantitative estimate of drug-likeness (QED) is 0.762. The van der Waals surface area contributed by atoms with Crippen LogP contribution in [0.2, 0.25) is 0 Å². The molecule has 0 aliphatic carbocycles. The molecule has 0 radical (unpaired) electrons. The van der Waals surface area contributed by atoms with Gasteiger partial charge in [0.05, 0.1) is 7.11 Å². The van der Waals surface area contributed by atoms with E-state index in [1.807, 2.05) is 29.2 Å². The van der Waals surface area contributed by atoms with Crippen LogP contribution in [0, 0.1) is 0 Å². The van der Waals surface area contributed by atoms with Gasteiger partial charge in [0, 0.05) is 32.3 Å². The molecule has 0 spiro atoms. The van der Waals surface area contributed by atoms with Crippen molar-refractivity contribution >= 4 is 29.1 Å². The smallest absolute Gasteiger partial charge is 0.222 e. The van der Waals surface area contributed by atoms with Gasteiger partial charge in [-0.25, -0.2) is 4.98 Å². The first-order valence-corrected chi connectivity index (χ1v) is 8.96. The number of methoxy groups -OCH3 is 1. The molecule has 136 valence electrons. The summed E-state index contributed by atoms with van der Waals surface area (Å²) in [4.78, 5) is 18.0. The zero-order chi connectivity index (χ0) is 18.4. The van der Waals surface area contributed by atoms with E-state index >= 15 is 0 Å². The summed E-state index contributed by atoms with van der Waals surface area (Å²) in [6.45, 7) is 2.05. The summed E-state index contributed by atoms with van der Waals surface area (Å²) >= 11 is 5.37. The van der Waals surface area contributed by atoms with Crippen LogP contribution in [0.25, 0.3) is 0 Å². The molecule has 6 nitrogen and oxygen atoms in total. The van der Waals surface area contributed by atoms with E-state index in [4.69, 9.17) is 17.0 Å². The fourth-order valence-corrected chi connectivity index (χ4v) is 3.11. The van der Waals surface area contributed by atoms with Gasteiger partial charge < -0.3 is 20.3 Å². The van der Waals surface area contributed by atoms with Gasteiger partial charge in [-0.3, -0.25) is 4.79 Å². The van der Waals surface area contributed by atoms with Crippen LogP contribution < -0.4 is 15.4 Å². The molecular formula is C19H22N4O2S. The average molecular weight is 370 g/mol. The minimum atomic E-state index is 0.229. The highest BCUT2D eigenvalue weighted by molar-refractivity contribution is 7.80. The number of carbonyl (C=O) groups excluding carboxylic acids is 1. The zero-order valence-electron chi connectivity index (χ0n) is 14.7. The molecule has 7 heteroatoms. The number of amides is 1. The number of nitrogens with zero attached hydrogens (tertiary/aromatic N) is 2. The van der Waals surface area contributed by atoms with Crippen molar-refractivity contribution in [2.45, 2.75) is 25.9 Å². The molecule has 1 fully saturated rings. The van der Waals surface area contributed by atoms with E-state index in [0.29, 0.717) is 36.2 Å². The van der Waals surface area contributed by atoms with Crippen molar-refractivity contribution in [1.29, 1.82) is 0 Å². The van der Waals surface area contributed by atoms with Crippen molar-refractivity contribution in [3.05, 3.63) is 53.7 Å². The molecule has 1 aliphatic heterocycles. The summed E-state index contributed by atoms with van der Waals surface area (Å²) in [5.41, 5.74) is 2.25. The van der Waals surface area contributed by atoms with Gasteiger partial charge in [0.2, 0.25) is 5.91 Å². The SMILES string of the molecule is COc1cccnc1NC(=S)NCc1ccccc1CN1CCCC1=O. The number of rotatable bonds is 6. The second-order valence-corrected chi connectivity index (χ2v) is 6.46. The van der Waals surface area contributed by atoms with Crippen LogP contribution in [-0.2, 0) is 17.9 Å². The molecule has 1 amide bonds. The van der Waals surface area contributed by atoms with E-state index in [-0.39, 0.29) is 5.91 Å². The Labute approximate surface area is 158 Å². The third-order valence-corrected chi connectivity index (χ3v) is 4.56. The molecule has 1 aromatic carbocycles. The summed E-state index contributed by atoms with van der Waals surface area (Å²) in [5.74, 6) is 1.43. The van der Waals surface area contributed by atoms with Crippen molar-refractivity contribution in [2.75, 3.05) is 19.0 Å². The lowest BCUT2D eigenvalue weighted by Crippen LogP contribution is -2.30. The van der Waals surface area contributed by atoms with E-state index in [1.165, 1.54) is 0 Å². The number of ether oxygens (including phenoxy) is 1. The highest BCUT2D eigenvalue weighted by atomic mass is 32.1. The monoisotopic (exact) mass is 370 g/mol. The first-order valence-electron chi connectivity index (χ1n) is 8.56. The fourth-order valence-electron chi connectivity index (χ4n) is 2.94. The number of carbonyl (C=O) groups is 1. The summed E-state index contributed by atoms with van der Waals surface area (Å²) in [6.07, 6.45) is 3.27. The minimum Gasteiger partial charge on any atom is -0.493 e. The van der Waals surface area contributed by atoms with Crippen LogP contribution in [0.3, 0.4) is 0 Å². The van der Waals surface area contributed by atoms with Gasteiger partial charge in [0.25, 0.3) is 0 Å². The van der Waals surface area contributed by atoms with Crippen molar-refractivity contribution in [2.24, 2.45) is 0 Å². The van der Waals surface area contributed by atoms with Gasteiger partial charge in [-0.05, 0) is 41.9 Å². The lowest BCUT2D eigenvalue weighted by Gasteiger charge is -2.19. The van der Waals surface area contributed by atoms with Gasteiger partial charge in [-0.1, -0.05) is 24.3 Å². The maximum Gasteiger partial charge on any atom is 0.222 e. The summed E-state index contributed by atoms with van der Waals surface area (Å²) < 4.78 is 5.26. The van der Waals surface area contributed by atoms with Crippen molar-refractivity contribution in [3.63, 3.8) is 0 Å². The topological polar surface area (TPSA) is 66.5 Å².